The Morgan fingerprint density at radius 3 is 2.78 bits per heavy atom. The minimum atomic E-state index is -0.950. The van der Waals surface area contributed by atoms with Crippen LogP contribution in [0, 0.1) is 13.8 Å². The van der Waals surface area contributed by atoms with E-state index in [0.29, 0.717) is 11.5 Å². The summed E-state index contributed by atoms with van der Waals surface area (Å²) < 4.78 is 0. The van der Waals surface area contributed by atoms with Crippen LogP contribution in [0.1, 0.15) is 21.6 Å². The predicted octanol–water partition coefficient (Wildman–Crippen LogP) is 2.54. The first-order chi connectivity index (χ1) is 8.58. The minimum absolute atomic E-state index is 0.239. The molecule has 2 N–H and O–H groups in total. The molecule has 0 saturated carbocycles. The van der Waals surface area contributed by atoms with E-state index in [2.05, 4.69) is 15.3 Å². The maximum Gasteiger partial charge on any atom is 0.335 e. The minimum Gasteiger partial charge on any atom is -0.478 e. The number of carboxylic acids is 1. The van der Waals surface area contributed by atoms with Crippen LogP contribution in [0.5, 0.6) is 0 Å². The van der Waals surface area contributed by atoms with Crippen LogP contribution in [0.25, 0.3) is 0 Å². The highest BCUT2D eigenvalue weighted by Crippen LogP contribution is 2.19. The maximum absolute atomic E-state index is 10.9. The van der Waals surface area contributed by atoms with Crippen molar-refractivity contribution in [3.63, 3.8) is 0 Å². The molecule has 1 heterocycles. The van der Waals surface area contributed by atoms with Crippen molar-refractivity contribution in [3.05, 3.63) is 47.4 Å². The van der Waals surface area contributed by atoms with E-state index in [1.807, 2.05) is 13.8 Å². The summed E-state index contributed by atoms with van der Waals surface area (Å²) >= 11 is 0. The largest absolute Gasteiger partial charge is 0.478 e. The van der Waals surface area contributed by atoms with Gasteiger partial charge < -0.3 is 10.4 Å². The molecule has 0 aliphatic rings. The summed E-state index contributed by atoms with van der Waals surface area (Å²) in [6, 6.07) is 6.60. The molecule has 5 nitrogen and oxygen atoms in total. The number of benzene rings is 1. The smallest absolute Gasteiger partial charge is 0.335 e. The van der Waals surface area contributed by atoms with Gasteiger partial charge in [0.25, 0.3) is 0 Å². The van der Waals surface area contributed by atoms with Crippen LogP contribution in [-0.4, -0.2) is 21.0 Å². The van der Waals surface area contributed by atoms with E-state index in [9.17, 15) is 4.79 Å². The van der Waals surface area contributed by atoms with Crippen molar-refractivity contribution >= 4 is 17.5 Å². The van der Waals surface area contributed by atoms with Crippen LogP contribution in [-0.2, 0) is 0 Å². The highest BCUT2D eigenvalue weighted by Gasteiger charge is 2.06. The second kappa shape index (κ2) is 4.83. The molecule has 0 amide bonds. The number of aromatic carboxylic acids is 1. The van der Waals surface area contributed by atoms with Gasteiger partial charge >= 0.3 is 5.97 Å². The Morgan fingerprint density at radius 1 is 1.28 bits per heavy atom. The van der Waals surface area contributed by atoms with E-state index in [1.165, 1.54) is 6.33 Å². The van der Waals surface area contributed by atoms with E-state index in [4.69, 9.17) is 5.11 Å². The zero-order valence-corrected chi connectivity index (χ0v) is 10.1. The molecule has 0 fully saturated rings. The van der Waals surface area contributed by atoms with Gasteiger partial charge in [-0.25, -0.2) is 14.8 Å². The highest BCUT2D eigenvalue weighted by molar-refractivity contribution is 5.89. The Kier molecular flexibility index (Phi) is 3.23. The number of hydrogen-bond acceptors (Lipinski definition) is 4. The highest BCUT2D eigenvalue weighted by atomic mass is 16.4. The van der Waals surface area contributed by atoms with Crippen molar-refractivity contribution in [3.8, 4) is 0 Å². The van der Waals surface area contributed by atoms with Gasteiger partial charge in [-0.05, 0) is 32.0 Å². The van der Waals surface area contributed by atoms with Crippen LogP contribution < -0.4 is 5.32 Å². The molecule has 0 atom stereocenters. The number of nitrogens with zero attached hydrogens (tertiary/aromatic N) is 2. The summed E-state index contributed by atoms with van der Waals surface area (Å²) in [6.45, 7) is 3.81. The molecule has 2 rings (SSSR count). The van der Waals surface area contributed by atoms with Crippen molar-refractivity contribution < 1.29 is 9.90 Å². The van der Waals surface area contributed by atoms with Crippen molar-refractivity contribution in [2.24, 2.45) is 0 Å². The van der Waals surface area contributed by atoms with Gasteiger partial charge in [0.05, 0.1) is 5.56 Å². The molecule has 0 aliphatic heterocycles. The van der Waals surface area contributed by atoms with Crippen LogP contribution in [0.15, 0.2) is 30.6 Å². The zero-order chi connectivity index (χ0) is 13.1. The molecule has 1 aromatic heterocycles. The number of carbonyl (C=O) groups is 1. The van der Waals surface area contributed by atoms with Gasteiger partial charge in [0.15, 0.2) is 0 Å². The Bertz CT molecular complexity index is 597. The number of aromatic nitrogens is 2. The lowest BCUT2D eigenvalue weighted by Crippen LogP contribution is -2.01. The lowest BCUT2D eigenvalue weighted by molar-refractivity contribution is 0.0697. The number of anilines is 2. The number of nitrogens with one attached hydrogen (secondary N) is 1. The Labute approximate surface area is 105 Å². The second-order valence-electron chi connectivity index (χ2n) is 3.94. The van der Waals surface area contributed by atoms with Crippen molar-refractivity contribution in [1.82, 2.24) is 9.97 Å². The van der Waals surface area contributed by atoms with Gasteiger partial charge in [0.2, 0.25) is 0 Å². The SMILES string of the molecule is Cc1ncnc(Nc2cccc(C(=O)O)c2)c1C. The quantitative estimate of drug-likeness (QED) is 0.866. The molecule has 92 valence electrons. The van der Waals surface area contributed by atoms with Gasteiger partial charge in [-0.2, -0.15) is 0 Å². The summed E-state index contributed by atoms with van der Waals surface area (Å²) in [5.41, 5.74) is 2.76. The lowest BCUT2D eigenvalue weighted by atomic mass is 10.2. The van der Waals surface area contributed by atoms with E-state index < -0.39 is 5.97 Å². The van der Waals surface area contributed by atoms with Crippen LogP contribution in [0.3, 0.4) is 0 Å². The number of rotatable bonds is 3. The van der Waals surface area contributed by atoms with Gasteiger partial charge in [0.1, 0.15) is 12.1 Å². The second-order valence-corrected chi connectivity index (χ2v) is 3.94. The average Bonchev–Trinajstić information content (AvgIpc) is 2.35. The molecule has 0 bridgehead atoms. The van der Waals surface area contributed by atoms with Gasteiger partial charge in [0, 0.05) is 16.9 Å². The van der Waals surface area contributed by atoms with E-state index in [0.717, 1.165) is 11.3 Å². The number of hydrogen-bond donors (Lipinski definition) is 2. The van der Waals surface area contributed by atoms with E-state index in [-0.39, 0.29) is 5.56 Å². The maximum atomic E-state index is 10.9. The normalized spacial score (nSPS) is 10.1. The predicted molar refractivity (Wildman–Crippen MR) is 68.2 cm³/mol. The first kappa shape index (κ1) is 12.0. The topological polar surface area (TPSA) is 75.1 Å². The molecule has 0 radical (unpaired) electrons. The summed E-state index contributed by atoms with van der Waals surface area (Å²) in [5, 5.41) is 12.0. The van der Waals surface area contributed by atoms with E-state index in [1.54, 1.807) is 24.3 Å². The molecule has 1 aromatic carbocycles. The average molecular weight is 243 g/mol. The fourth-order valence-electron chi connectivity index (χ4n) is 1.53. The molecule has 0 unspecified atom stereocenters. The molecular weight excluding hydrogens is 230 g/mol. The monoisotopic (exact) mass is 243 g/mol. The molecule has 0 spiro atoms. The summed E-state index contributed by atoms with van der Waals surface area (Å²) in [6.07, 6.45) is 1.48. The summed E-state index contributed by atoms with van der Waals surface area (Å²) in [7, 11) is 0. The number of carboxylic acid groups (broad SMARTS) is 1. The molecule has 0 aliphatic carbocycles. The first-order valence-electron chi connectivity index (χ1n) is 5.46. The van der Waals surface area contributed by atoms with Crippen molar-refractivity contribution in [2.75, 3.05) is 5.32 Å². The van der Waals surface area contributed by atoms with Crippen LogP contribution in [0.2, 0.25) is 0 Å². The Balaban J connectivity index is 2.31. The summed E-state index contributed by atoms with van der Waals surface area (Å²) in [5.74, 6) is -0.265. The third kappa shape index (κ3) is 2.45. The third-order valence-corrected chi connectivity index (χ3v) is 2.71. The van der Waals surface area contributed by atoms with Crippen molar-refractivity contribution in [1.29, 1.82) is 0 Å². The van der Waals surface area contributed by atoms with Gasteiger partial charge in [-0.15, -0.1) is 0 Å². The third-order valence-electron chi connectivity index (χ3n) is 2.71. The standard InChI is InChI=1S/C13H13N3O2/c1-8-9(2)14-7-15-12(8)16-11-5-3-4-10(6-11)13(17)18/h3-7H,1-2H3,(H,17,18)(H,14,15,16). The molecule has 5 heteroatoms. The fourth-order valence-corrected chi connectivity index (χ4v) is 1.53. The first-order valence-corrected chi connectivity index (χ1v) is 5.46. The lowest BCUT2D eigenvalue weighted by Gasteiger charge is -2.09. The van der Waals surface area contributed by atoms with Gasteiger partial charge in [-0.1, -0.05) is 6.07 Å². The van der Waals surface area contributed by atoms with Crippen LogP contribution >= 0.6 is 0 Å². The zero-order valence-electron chi connectivity index (χ0n) is 10.1. The van der Waals surface area contributed by atoms with Crippen LogP contribution in [0.4, 0.5) is 11.5 Å². The summed E-state index contributed by atoms with van der Waals surface area (Å²) in [4.78, 5) is 19.1. The van der Waals surface area contributed by atoms with Crippen molar-refractivity contribution in [2.45, 2.75) is 13.8 Å². The van der Waals surface area contributed by atoms with Gasteiger partial charge in [-0.3, -0.25) is 0 Å². The Hall–Kier alpha value is -2.43. The molecule has 2 aromatic rings. The number of aryl methyl sites for hydroxylation is 1. The fraction of sp³-hybridized carbons (Fsp3) is 0.154. The van der Waals surface area contributed by atoms with E-state index >= 15 is 0 Å². The molecule has 0 saturated heterocycles. The Morgan fingerprint density at radius 2 is 2.06 bits per heavy atom. The molecular formula is C13H13N3O2. The molecule has 18 heavy (non-hydrogen) atoms.